The molecule has 0 spiro atoms. The van der Waals surface area contributed by atoms with Gasteiger partial charge in [-0.25, -0.2) is 0 Å². The quantitative estimate of drug-likeness (QED) is 0.442. The lowest BCUT2D eigenvalue weighted by Crippen LogP contribution is -2.37. The third kappa shape index (κ3) is 6.28. The van der Waals surface area contributed by atoms with Gasteiger partial charge in [0.1, 0.15) is 6.61 Å². The summed E-state index contributed by atoms with van der Waals surface area (Å²) in [5.41, 5.74) is -2.28. The minimum absolute atomic E-state index is 0.0839. The first-order chi connectivity index (χ1) is 15.5. The SMILES string of the molecule is CC(O[C@H]1OCC[C@@H](C#CCO)[C@@H]1c1ccccc1)c1cc(C(F)(F)F)cc(C(F)(F)F)c1. The first-order valence-corrected chi connectivity index (χ1v) is 10.2. The van der Waals surface area contributed by atoms with Crippen molar-refractivity contribution in [2.45, 2.75) is 44.0 Å². The smallest absolute Gasteiger partial charge is 0.384 e. The zero-order chi connectivity index (χ0) is 24.2. The summed E-state index contributed by atoms with van der Waals surface area (Å²) in [6, 6.07) is 10.4. The van der Waals surface area contributed by atoms with Crippen molar-refractivity contribution in [1.29, 1.82) is 0 Å². The molecule has 0 saturated carbocycles. The van der Waals surface area contributed by atoms with Gasteiger partial charge >= 0.3 is 12.4 Å². The molecule has 0 bridgehead atoms. The zero-order valence-electron chi connectivity index (χ0n) is 17.6. The Morgan fingerprint density at radius 1 is 1.03 bits per heavy atom. The number of ether oxygens (including phenoxy) is 2. The van der Waals surface area contributed by atoms with Crippen molar-refractivity contribution in [3.63, 3.8) is 0 Å². The Labute approximate surface area is 187 Å². The normalized spacial score (nSPS) is 22.4. The fraction of sp³-hybridized carbons (Fsp3) is 0.417. The summed E-state index contributed by atoms with van der Waals surface area (Å²) in [6.07, 6.45) is -11.5. The molecule has 4 atom stereocenters. The molecule has 178 valence electrons. The first kappa shape index (κ1) is 25.1. The second-order valence-corrected chi connectivity index (χ2v) is 7.67. The Balaban J connectivity index is 1.95. The van der Waals surface area contributed by atoms with Gasteiger partial charge in [-0.3, -0.25) is 0 Å². The molecule has 0 aromatic heterocycles. The molecule has 1 saturated heterocycles. The molecule has 33 heavy (non-hydrogen) atoms. The Hall–Kier alpha value is -2.54. The Kier molecular flexibility index (Phi) is 7.73. The van der Waals surface area contributed by atoms with Crippen LogP contribution in [0.3, 0.4) is 0 Å². The van der Waals surface area contributed by atoms with E-state index >= 15 is 0 Å². The number of alkyl halides is 6. The fourth-order valence-electron chi connectivity index (χ4n) is 3.80. The zero-order valence-corrected chi connectivity index (χ0v) is 17.6. The Morgan fingerprint density at radius 3 is 2.18 bits per heavy atom. The van der Waals surface area contributed by atoms with Gasteiger partial charge in [-0.05, 0) is 42.7 Å². The van der Waals surface area contributed by atoms with Crippen molar-refractivity contribution in [3.8, 4) is 11.8 Å². The molecule has 1 aliphatic heterocycles. The van der Waals surface area contributed by atoms with Crippen LogP contribution < -0.4 is 0 Å². The summed E-state index contributed by atoms with van der Waals surface area (Å²) in [4.78, 5) is 0. The summed E-state index contributed by atoms with van der Waals surface area (Å²) in [7, 11) is 0. The van der Waals surface area contributed by atoms with Gasteiger partial charge in [0.05, 0.1) is 23.8 Å². The second-order valence-electron chi connectivity index (χ2n) is 7.67. The Morgan fingerprint density at radius 2 is 1.64 bits per heavy atom. The molecular weight excluding hydrogens is 450 g/mol. The van der Waals surface area contributed by atoms with E-state index in [1.807, 2.05) is 12.1 Å². The van der Waals surface area contributed by atoms with E-state index in [4.69, 9.17) is 14.6 Å². The van der Waals surface area contributed by atoms with Crippen molar-refractivity contribution < 1.29 is 40.9 Å². The summed E-state index contributed by atoms with van der Waals surface area (Å²) in [6.45, 7) is 1.28. The molecule has 1 N–H and O–H groups in total. The van der Waals surface area contributed by atoms with Crippen LogP contribution in [0.4, 0.5) is 26.3 Å². The highest BCUT2D eigenvalue weighted by atomic mass is 19.4. The summed E-state index contributed by atoms with van der Waals surface area (Å²) < 4.78 is 91.1. The van der Waals surface area contributed by atoms with Crippen LogP contribution in [-0.2, 0) is 21.8 Å². The maximum absolute atomic E-state index is 13.2. The van der Waals surface area contributed by atoms with Crippen molar-refractivity contribution in [1.82, 2.24) is 0 Å². The molecule has 3 rings (SSSR count). The van der Waals surface area contributed by atoms with Crippen LogP contribution in [0, 0.1) is 17.8 Å². The van der Waals surface area contributed by atoms with Gasteiger partial charge in [-0.2, -0.15) is 26.3 Å². The summed E-state index contributed by atoms with van der Waals surface area (Å²) >= 11 is 0. The molecule has 1 fully saturated rings. The number of hydrogen-bond donors (Lipinski definition) is 1. The molecule has 1 unspecified atom stereocenters. The summed E-state index contributed by atoms with van der Waals surface area (Å²) in [5, 5.41) is 9.08. The Bertz CT molecular complexity index is 959. The molecule has 2 aromatic carbocycles. The van der Waals surface area contributed by atoms with Crippen LogP contribution in [0.15, 0.2) is 48.5 Å². The first-order valence-electron chi connectivity index (χ1n) is 10.2. The molecule has 2 aromatic rings. The van der Waals surface area contributed by atoms with Gasteiger partial charge in [-0.1, -0.05) is 42.2 Å². The average Bonchev–Trinajstić information content (AvgIpc) is 2.76. The average molecular weight is 472 g/mol. The van der Waals surface area contributed by atoms with Gasteiger partial charge in [0.25, 0.3) is 0 Å². The lowest BCUT2D eigenvalue weighted by Gasteiger charge is -2.37. The lowest BCUT2D eigenvalue weighted by molar-refractivity contribution is -0.204. The number of rotatable bonds is 4. The van der Waals surface area contributed by atoms with Gasteiger partial charge in [-0.15, -0.1) is 0 Å². The lowest BCUT2D eigenvalue weighted by atomic mass is 9.82. The van der Waals surface area contributed by atoms with Crippen LogP contribution in [0.5, 0.6) is 0 Å². The molecule has 1 heterocycles. The minimum atomic E-state index is -4.95. The van der Waals surface area contributed by atoms with Crippen LogP contribution in [0.1, 0.15) is 47.6 Å². The van der Waals surface area contributed by atoms with E-state index in [0.717, 1.165) is 5.56 Å². The number of aliphatic hydroxyl groups is 1. The topological polar surface area (TPSA) is 38.7 Å². The van der Waals surface area contributed by atoms with E-state index < -0.39 is 41.8 Å². The highest BCUT2D eigenvalue weighted by Crippen LogP contribution is 2.41. The van der Waals surface area contributed by atoms with Gasteiger partial charge in [0, 0.05) is 11.8 Å². The van der Waals surface area contributed by atoms with Gasteiger partial charge in [0.2, 0.25) is 0 Å². The number of hydrogen-bond acceptors (Lipinski definition) is 3. The molecule has 3 nitrogen and oxygen atoms in total. The van der Waals surface area contributed by atoms with E-state index in [0.29, 0.717) is 18.6 Å². The molecule has 0 amide bonds. The predicted octanol–water partition coefficient (Wildman–Crippen LogP) is 5.94. The standard InChI is InChI=1S/C24H22F6O3/c1-15(18-12-19(23(25,26)27)14-20(13-18)24(28,29)30)33-22-21(16-6-3-2-4-7-16)17(8-5-10-31)9-11-32-22/h2-4,6-7,12-15,17,21-22,31H,9-11H2,1H3/t15?,17-,21+,22-/m1/s1. The minimum Gasteiger partial charge on any atom is -0.384 e. The third-order valence-corrected chi connectivity index (χ3v) is 5.41. The van der Waals surface area contributed by atoms with Crippen LogP contribution in [0.25, 0.3) is 0 Å². The fourth-order valence-corrected chi connectivity index (χ4v) is 3.80. The van der Waals surface area contributed by atoms with Gasteiger partial charge in [0.15, 0.2) is 6.29 Å². The maximum Gasteiger partial charge on any atom is 0.416 e. The predicted molar refractivity (Wildman–Crippen MR) is 108 cm³/mol. The number of aliphatic hydroxyl groups excluding tert-OH is 1. The van der Waals surface area contributed by atoms with Crippen molar-refractivity contribution in [2.75, 3.05) is 13.2 Å². The molecule has 0 aliphatic carbocycles. The number of benzene rings is 2. The van der Waals surface area contributed by atoms with E-state index in [9.17, 15) is 26.3 Å². The van der Waals surface area contributed by atoms with Crippen molar-refractivity contribution >= 4 is 0 Å². The van der Waals surface area contributed by atoms with Crippen LogP contribution >= 0.6 is 0 Å². The molecule has 0 radical (unpaired) electrons. The molecule has 9 heteroatoms. The highest BCUT2D eigenvalue weighted by Gasteiger charge is 2.39. The summed E-state index contributed by atoms with van der Waals surface area (Å²) in [5.74, 6) is 4.85. The number of halogens is 6. The molecular formula is C24H22F6O3. The maximum atomic E-state index is 13.2. The van der Waals surface area contributed by atoms with Crippen molar-refractivity contribution in [2.24, 2.45) is 5.92 Å². The third-order valence-electron chi connectivity index (χ3n) is 5.41. The van der Waals surface area contributed by atoms with E-state index in [1.54, 1.807) is 18.2 Å². The van der Waals surface area contributed by atoms with E-state index in [-0.39, 0.29) is 30.8 Å². The largest absolute Gasteiger partial charge is 0.416 e. The van der Waals surface area contributed by atoms with E-state index in [1.165, 1.54) is 6.92 Å². The second kappa shape index (κ2) is 10.2. The van der Waals surface area contributed by atoms with Crippen LogP contribution in [0.2, 0.25) is 0 Å². The van der Waals surface area contributed by atoms with Crippen LogP contribution in [-0.4, -0.2) is 24.6 Å². The van der Waals surface area contributed by atoms with Gasteiger partial charge < -0.3 is 14.6 Å². The monoisotopic (exact) mass is 472 g/mol. The highest BCUT2D eigenvalue weighted by molar-refractivity contribution is 5.35. The van der Waals surface area contributed by atoms with E-state index in [2.05, 4.69) is 11.8 Å². The van der Waals surface area contributed by atoms with Crippen molar-refractivity contribution in [3.05, 3.63) is 70.8 Å². The molecule has 1 aliphatic rings.